The number of benzene rings is 1. The molecule has 2 rings (SSSR count). The fourth-order valence-electron chi connectivity index (χ4n) is 2.71. The number of anilines is 2. The third kappa shape index (κ3) is 3.93. The lowest BCUT2D eigenvalue weighted by molar-refractivity contribution is -0.118. The lowest BCUT2D eigenvalue weighted by atomic mass is 9.84. The molecule has 0 spiro atoms. The van der Waals surface area contributed by atoms with E-state index in [1.165, 1.54) is 24.6 Å². The molecule has 5 heteroatoms. The van der Waals surface area contributed by atoms with Crippen LogP contribution in [0.2, 0.25) is 0 Å². The van der Waals surface area contributed by atoms with Crippen molar-refractivity contribution in [1.29, 1.82) is 0 Å². The minimum atomic E-state index is -0.466. The van der Waals surface area contributed by atoms with Crippen LogP contribution in [0.1, 0.15) is 26.7 Å². The number of likely N-dealkylation sites (tertiary alicyclic amines) is 1. The highest BCUT2D eigenvalue weighted by Gasteiger charge is 2.27. The van der Waals surface area contributed by atoms with Gasteiger partial charge < -0.3 is 11.1 Å². The molecule has 4 nitrogen and oxygen atoms in total. The minimum absolute atomic E-state index is 0.145. The van der Waals surface area contributed by atoms with E-state index < -0.39 is 5.82 Å². The number of nitrogen functional groups attached to an aromatic ring is 1. The van der Waals surface area contributed by atoms with Gasteiger partial charge in [0.2, 0.25) is 5.91 Å². The maximum Gasteiger partial charge on any atom is 0.238 e. The number of hydrogen-bond donors (Lipinski definition) is 2. The summed E-state index contributed by atoms with van der Waals surface area (Å²) >= 11 is 0. The zero-order chi connectivity index (χ0) is 14.8. The second-order valence-corrected chi connectivity index (χ2v) is 6.27. The van der Waals surface area contributed by atoms with Crippen molar-refractivity contribution in [3.63, 3.8) is 0 Å². The Morgan fingerprint density at radius 3 is 2.95 bits per heavy atom. The van der Waals surface area contributed by atoms with Gasteiger partial charge in [-0.05, 0) is 43.0 Å². The van der Waals surface area contributed by atoms with Crippen molar-refractivity contribution in [3.05, 3.63) is 24.0 Å². The highest BCUT2D eigenvalue weighted by molar-refractivity contribution is 5.92. The van der Waals surface area contributed by atoms with Gasteiger partial charge in [-0.2, -0.15) is 0 Å². The van der Waals surface area contributed by atoms with E-state index in [4.69, 9.17) is 5.73 Å². The Bertz CT molecular complexity index is 502. The van der Waals surface area contributed by atoms with Crippen LogP contribution < -0.4 is 11.1 Å². The number of halogens is 1. The first-order valence-corrected chi connectivity index (χ1v) is 6.93. The summed E-state index contributed by atoms with van der Waals surface area (Å²) in [5, 5.41) is 2.59. The van der Waals surface area contributed by atoms with Gasteiger partial charge >= 0.3 is 0 Å². The van der Waals surface area contributed by atoms with Gasteiger partial charge in [-0.25, -0.2) is 4.39 Å². The zero-order valence-electron chi connectivity index (χ0n) is 12.1. The van der Waals surface area contributed by atoms with Gasteiger partial charge in [-0.15, -0.1) is 0 Å². The van der Waals surface area contributed by atoms with Crippen LogP contribution in [0.15, 0.2) is 18.2 Å². The molecule has 1 saturated heterocycles. The molecule has 0 atom stereocenters. The number of piperidine rings is 1. The number of carbonyl (C=O) groups excluding carboxylic acids is 1. The maximum absolute atomic E-state index is 13.5. The Balaban J connectivity index is 1.94. The van der Waals surface area contributed by atoms with Gasteiger partial charge in [0.05, 0.1) is 12.2 Å². The molecule has 0 aromatic heterocycles. The lowest BCUT2D eigenvalue weighted by Crippen LogP contribution is -2.43. The van der Waals surface area contributed by atoms with Crippen LogP contribution in [-0.2, 0) is 4.79 Å². The van der Waals surface area contributed by atoms with Gasteiger partial charge in [-0.1, -0.05) is 13.8 Å². The summed E-state index contributed by atoms with van der Waals surface area (Å²) in [6.07, 6.45) is 2.27. The smallest absolute Gasteiger partial charge is 0.238 e. The third-order valence-corrected chi connectivity index (χ3v) is 3.61. The molecule has 0 saturated carbocycles. The SMILES string of the molecule is CC1(C)CCCN(CC(=O)Nc2cc(N)ccc2F)C1. The van der Waals surface area contributed by atoms with Gasteiger partial charge in [0.1, 0.15) is 5.82 Å². The highest BCUT2D eigenvalue weighted by Crippen LogP contribution is 2.28. The Kier molecular flexibility index (Phi) is 4.28. The first-order chi connectivity index (χ1) is 9.35. The monoisotopic (exact) mass is 279 g/mol. The minimum Gasteiger partial charge on any atom is -0.399 e. The van der Waals surface area contributed by atoms with Crippen LogP contribution in [0, 0.1) is 11.2 Å². The second kappa shape index (κ2) is 5.79. The van der Waals surface area contributed by atoms with Crippen molar-refractivity contribution in [1.82, 2.24) is 4.90 Å². The molecule has 0 radical (unpaired) electrons. The van der Waals surface area contributed by atoms with E-state index in [9.17, 15) is 9.18 Å². The molecule has 0 unspecified atom stereocenters. The first-order valence-electron chi connectivity index (χ1n) is 6.93. The molecule has 1 aromatic rings. The fourth-order valence-corrected chi connectivity index (χ4v) is 2.71. The van der Waals surface area contributed by atoms with Crippen molar-refractivity contribution in [2.24, 2.45) is 5.41 Å². The molecule has 1 aliphatic heterocycles. The van der Waals surface area contributed by atoms with Gasteiger partial charge in [0.15, 0.2) is 0 Å². The van der Waals surface area contributed by atoms with Gasteiger partial charge in [0, 0.05) is 12.2 Å². The standard InChI is InChI=1S/C15H22FN3O/c1-15(2)6-3-7-19(10-15)9-14(20)18-13-8-11(17)4-5-12(13)16/h4-5,8H,3,6-7,9-10,17H2,1-2H3,(H,18,20). The topological polar surface area (TPSA) is 58.4 Å². The summed E-state index contributed by atoms with van der Waals surface area (Å²) in [4.78, 5) is 14.1. The molecule has 0 aliphatic carbocycles. The largest absolute Gasteiger partial charge is 0.399 e. The number of nitrogens with two attached hydrogens (primary N) is 1. The Hall–Kier alpha value is -1.62. The van der Waals surface area contributed by atoms with Crippen LogP contribution in [0.25, 0.3) is 0 Å². The quantitative estimate of drug-likeness (QED) is 0.836. The van der Waals surface area contributed by atoms with E-state index >= 15 is 0 Å². The van der Waals surface area contributed by atoms with Gasteiger partial charge in [0.25, 0.3) is 0 Å². The van der Waals surface area contributed by atoms with E-state index in [-0.39, 0.29) is 23.6 Å². The van der Waals surface area contributed by atoms with E-state index in [2.05, 4.69) is 24.1 Å². The number of amides is 1. The predicted octanol–water partition coefficient (Wildman–Crippen LogP) is 2.47. The number of nitrogens with zero attached hydrogens (tertiary/aromatic N) is 1. The maximum atomic E-state index is 13.5. The second-order valence-electron chi connectivity index (χ2n) is 6.27. The number of rotatable bonds is 3. The summed E-state index contributed by atoms with van der Waals surface area (Å²) in [6.45, 7) is 6.50. The van der Waals surface area contributed by atoms with Crippen LogP contribution in [0.4, 0.5) is 15.8 Å². The van der Waals surface area contributed by atoms with Crippen molar-refractivity contribution in [3.8, 4) is 0 Å². The molecule has 1 aromatic carbocycles. The lowest BCUT2D eigenvalue weighted by Gasteiger charge is -2.37. The molecule has 0 bridgehead atoms. The molecule has 20 heavy (non-hydrogen) atoms. The average molecular weight is 279 g/mol. The number of nitrogens with one attached hydrogen (secondary N) is 1. The van der Waals surface area contributed by atoms with Crippen molar-refractivity contribution >= 4 is 17.3 Å². The van der Waals surface area contributed by atoms with Gasteiger partial charge in [-0.3, -0.25) is 9.69 Å². The van der Waals surface area contributed by atoms with Crippen molar-refractivity contribution in [2.45, 2.75) is 26.7 Å². The Labute approximate surface area is 119 Å². The normalized spacial score (nSPS) is 18.8. The number of carbonyl (C=O) groups is 1. The van der Waals surface area contributed by atoms with E-state index in [0.717, 1.165) is 19.5 Å². The molecular weight excluding hydrogens is 257 g/mol. The van der Waals surface area contributed by atoms with Crippen LogP contribution in [0.5, 0.6) is 0 Å². The third-order valence-electron chi connectivity index (χ3n) is 3.61. The molecule has 1 heterocycles. The predicted molar refractivity (Wildman–Crippen MR) is 78.9 cm³/mol. The summed E-state index contributed by atoms with van der Waals surface area (Å²) in [5.41, 5.74) is 6.41. The average Bonchev–Trinajstić information content (AvgIpc) is 2.32. The van der Waals surface area contributed by atoms with Crippen molar-refractivity contribution in [2.75, 3.05) is 30.7 Å². The van der Waals surface area contributed by atoms with Crippen LogP contribution in [0.3, 0.4) is 0 Å². The first kappa shape index (κ1) is 14.8. The highest BCUT2D eigenvalue weighted by atomic mass is 19.1. The molecule has 1 aliphatic rings. The van der Waals surface area contributed by atoms with E-state index in [1.807, 2.05) is 0 Å². The van der Waals surface area contributed by atoms with Crippen LogP contribution in [-0.4, -0.2) is 30.4 Å². The van der Waals surface area contributed by atoms with Crippen LogP contribution >= 0.6 is 0 Å². The summed E-state index contributed by atoms with van der Waals surface area (Å²) in [7, 11) is 0. The molecule has 1 fully saturated rings. The van der Waals surface area contributed by atoms with E-state index in [1.54, 1.807) is 0 Å². The summed E-state index contributed by atoms with van der Waals surface area (Å²) in [6, 6.07) is 4.17. The molecule has 1 amide bonds. The molecular formula is C15H22FN3O. The summed E-state index contributed by atoms with van der Waals surface area (Å²) in [5.74, 6) is -0.668. The number of hydrogen-bond acceptors (Lipinski definition) is 3. The molecule has 3 N–H and O–H groups in total. The summed E-state index contributed by atoms with van der Waals surface area (Å²) < 4.78 is 13.5. The Morgan fingerprint density at radius 1 is 1.50 bits per heavy atom. The zero-order valence-corrected chi connectivity index (χ0v) is 12.1. The molecule has 110 valence electrons. The van der Waals surface area contributed by atoms with Crippen molar-refractivity contribution < 1.29 is 9.18 Å². The fraction of sp³-hybridized carbons (Fsp3) is 0.533. The Morgan fingerprint density at radius 2 is 2.25 bits per heavy atom. The van der Waals surface area contributed by atoms with E-state index in [0.29, 0.717) is 5.69 Å².